The second-order valence-corrected chi connectivity index (χ2v) is 8.65. The van der Waals surface area contributed by atoms with Crippen molar-refractivity contribution in [1.29, 1.82) is 0 Å². The molecule has 0 amide bonds. The molecule has 0 aliphatic heterocycles. The van der Waals surface area contributed by atoms with Crippen LogP contribution in [0.5, 0.6) is 17.2 Å². The van der Waals surface area contributed by atoms with Gasteiger partial charge in [0.15, 0.2) is 0 Å². The third-order valence-electron chi connectivity index (χ3n) is 5.55. The van der Waals surface area contributed by atoms with Crippen molar-refractivity contribution in [2.24, 2.45) is 0 Å². The standard InChI is InChI=1S/C27H33NO5.C2H4O2/c29-19-23-17-22(9-12-26(23)31)27(32)18-28-14-13-20-7-10-25(11-8-20)33-15-2-1-4-21-5-3-6-24(30)16-21;1-2(3)4/h3,5-12,16-17,27-32H,1-2,4,13-15,18-19H2;1H3,(H,3,4)/t27-;/m0./s1. The molecule has 3 rings (SSSR count). The average molecular weight is 512 g/mol. The lowest BCUT2D eigenvalue weighted by atomic mass is 10.1. The second-order valence-electron chi connectivity index (χ2n) is 8.65. The minimum absolute atomic E-state index is 0.0298. The van der Waals surface area contributed by atoms with Crippen LogP contribution >= 0.6 is 0 Å². The highest BCUT2D eigenvalue weighted by Crippen LogP contribution is 2.22. The van der Waals surface area contributed by atoms with Crippen LogP contribution in [-0.2, 0) is 24.2 Å². The Hall–Kier alpha value is -3.59. The lowest BCUT2D eigenvalue weighted by Crippen LogP contribution is -2.23. The van der Waals surface area contributed by atoms with E-state index in [1.54, 1.807) is 24.3 Å². The molecular formula is C29H37NO7. The van der Waals surface area contributed by atoms with Gasteiger partial charge < -0.3 is 35.6 Å². The highest BCUT2D eigenvalue weighted by Gasteiger charge is 2.10. The van der Waals surface area contributed by atoms with Crippen LogP contribution in [0.1, 0.15) is 48.1 Å². The summed E-state index contributed by atoms with van der Waals surface area (Å²) >= 11 is 0. The molecule has 0 aliphatic rings. The highest BCUT2D eigenvalue weighted by atomic mass is 16.5. The molecule has 0 aliphatic carbocycles. The number of carboxylic acid groups (broad SMARTS) is 1. The van der Waals surface area contributed by atoms with Gasteiger partial charge in [-0.3, -0.25) is 4.79 Å². The summed E-state index contributed by atoms with van der Waals surface area (Å²) in [5.41, 5.74) is 3.39. The first-order valence-corrected chi connectivity index (χ1v) is 12.3. The molecule has 0 aromatic heterocycles. The van der Waals surface area contributed by atoms with Gasteiger partial charge in [0, 0.05) is 19.0 Å². The molecule has 37 heavy (non-hydrogen) atoms. The fraction of sp³-hybridized carbons (Fsp3) is 0.345. The van der Waals surface area contributed by atoms with E-state index < -0.39 is 12.1 Å². The Balaban J connectivity index is 0.00000112. The van der Waals surface area contributed by atoms with E-state index in [4.69, 9.17) is 14.6 Å². The maximum Gasteiger partial charge on any atom is 0.300 e. The van der Waals surface area contributed by atoms with Gasteiger partial charge >= 0.3 is 0 Å². The molecule has 0 heterocycles. The number of phenols is 2. The summed E-state index contributed by atoms with van der Waals surface area (Å²) in [5, 5.41) is 49.3. The number of phenolic OH excluding ortho intramolecular Hbond substituents is 1. The molecule has 0 unspecified atom stereocenters. The molecule has 0 saturated carbocycles. The van der Waals surface area contributed by atoms with Gasteiger partial charge in [0.1, 0.15) is 17.2 Å². The Labute approximate surface area is 217 Å². The maximum absolute atomic E-state index is 10.3. The van der Waals surface area contributed by atoms with Crippen LogP contribution in [0, 0.1) is 0 Å². The molecule has 8 heteroatoms. The smallest absolute Gasteiger partial charge is 0.300 e. The monoisotopic (exact) mass is 511 g/mol. The van der Waals surface area contributed by atoms with Gasteiger partial charge in [0.25, 0.3) is 5.97 Å². The zero-order valence-corrected chi connectivity index (χ0v) is 21.1. The zero-order valence-electron chi connectivity index (χ0n) is 21.1. The number of carboxylic acids is 1. The number of nitrogens with one attached hydrogen (secondary N) is 1. The van der Waals surface area contributed by atoms with E-state index in [1.807, 2.05) is 36.4 Å². The van der Waals surface area contributed by atoms with Gasteiger partial charge in [0.05, 0.1) is 19.3 Å². The van der Waals surface area contributed by atoms with Crippen molar-refractivity contribution in [1.82, 2.24) is 5.32 Å². The molecule has 0 bridgehead atoms. The zero-order chi connectivity index (χ0) is 27.0. The molecule has 3 aromatic carbocycles. The Kier molecular flexibility index (Phi) is 13.0. The van der Waals surface area contributed by atoms with Gasteiger partial charge in [-0.1, -0.05) is 30.3 Å². The number of hydrogen-bond acceptors (Lipinski definition) is 7. The Bertz CT molecular complexity index is 1080. The third kappa shape index (κ3) is 11.8. The number of aryl methyl sites for hydroxylation is 1. The van der Waals surface area contributed by atoms with Crippen LogP contribution in [-0.4, -0.2) is 51.2 Å². The number of unbranched alkanes of at least 4 members (excludes halogenated alkanes) is 1. The number of aromatic hydroxyl groups is 2. The summed E-state index contributed by atoms with van der Waals surface area (Å²) in [6.07, 6.45) is 3.00. The number of ether oxygens (including phenoxy) is 1. The fourth-order valence-corrected chi connectivity index (χ4v) is 3.61. The summed E-state index contributed by atoms with van der Waals surface area (Å²) < 4.78 is 5.82. The van der Waals surface area contributed by atoms with E-state index in [9.17, 15) is 20.4 Å². The van der Waals surface area contributed by atoms with Gasteiger partial charge in [-0.25, -0.2) is 0 Å². The minimum Gasteiger partial charge on any atom is -0.508 e. The Morgan fingerprint density at radius 1 is 0.946 bits per heavy atom. The number of aliphatic hydroxyl groups is 2. The van der Waals surface area contributed by atoms with Crippen molar-refractivity contribution >= 4 is 5.97 Å². The molecule has 8 nitrogen and oxygen atoms in total. The largest absolute Gasteiger partial charge is 0.508 e. The molecule has 3 aromatic rings. The maximum atomic E-state index is 10.3. The van der Waals surface area contributed by atoms with Crippen molar-refractivity contribution in [3.63, 3.8) is 0 Å². The van der Waals surface area contributed by atoms with E-state index in [2.05, 4.69) is 5.32 Å². The van der Waals surface area contributed by atoms with Gasteiger partial charge in [-0.05, 0) is 85.3 Å². The first kappa shape index (κ1) is 29.6. The number of hydrogen-bond donors (Lipinski definition) is 6. The Morgan fingerprint density at radius 2 is 1.68 bits per heavy atom. The van der Waals surface area contributed by atoms with Crippen LogP contribution in [0.2, 0.25) is 0 Å². The van der Waals surface area contributed by atoms with Crippen molar-refractivity contribution in [2.75, 3.05) is 19.7 Å². The molecule has 0 fully saturated rings. The molecule has 0 spiro atoms. The molecule has 0 radical (unpaired) electrons. The van der Waals surface area contributed by atoms with Crippen LogP contribution < -0.4 is 10.1 Å². The van der Waals surface area contributed by atoms with Crippen LogP contribution in [0.15, 0.2) is 66.7 Å². The lowest BCUT2D eigenvalue weighted by Gasteiger charge is -2.14. The topological polar surface area (TPSA) is 139 Å². The summed E-state index contributed by atoms with van der Waals surface area (Å²) in [4.78, 5) is 9.00. The van der Waals surface area contributed by atoms with Crippen LogP contribution in [0.3, 0.4) is 0 Å². The molecular weight excluding hydrogens is 474 g/mol. The first-order valence-electron chi connectivity index (χ1n) is 12.3. The second kappa shape index (κ2) is 16.2. The summed E-state index contributed by atoms with van der Waals surface area (Å²) in [6.45, 7) is 2.59. The van der Waals surface area contributed by atoms with Gasteiger partial charge in [0.2, 0.25) is 0 Å². The average Bonchev–Trinajstić information content (AvgIpc) is 2.87. The Morgan fingerprint density at radius 3 is 2.35 bits per heavy atom. The predicted octanol–water partition coefficient (Wildman–Crippen LogP) is 3.95. The van der Waals surface area contributed by atoms with E-state index in [0.717, 1.165) is 50.5 Å². The van der Waals surface area contributed by atoms with E-state index in [-0.39, 0.29) is 12.4 Å². The summed E-state index contributed by atoms with van der Waals surface area (Å²) in [7, 11) is 0. The lowest BCUT2D eigenvalue weighted by molar-refractivity contribution is -0.134. The number of benzene rings is 3. The first-order chi connectivity index (χ1) is 17.8. The number of aliphatic hydroxyl groups excluding tert-OH is 2. The minimum atomic E-state index is -0.833. The van der Waals surface area contributed by atoms with Crippen molar-refractivity contribution < 1.29 is 35.1 Å². The van der Waals surface area contributed by atoms with E-state index in [1.165, 1.54) is 11.6 Å². The van der Waals surface area contributed by atoms with Crippen molar-refractivity contribution in [3.8, 4) is 17.2 Å². The summed E-state index contributed by atoms with van der Waals surface area (Å²) in [6, 6.07) is 20.2. The SMILES string of the molecule is CC(=O)O.OCc1cc([C@@H](O)CNCCc2ccc(OCCCCc3cccc(O)c3)cc2)ccc1O. The van der Waals surface area contributed by atoms with Crippen LogP contribution in [0.25, 0.3) is 0 Å². The molecule has 0 saturated heterocycles. The van der Waals surface area contributed by atoms with Gasteiger partial charge in [-0.15, -0.1) is 0 Å². The predicted molar refractivity (Wildman–Crippen MR) is 142 cm³/mol. The van der Waals surface area contributed by atoms with E-state index >= 15 is 0 Å². The number of aliphatic carboxylic acids is 1. The summed E-state index contributed by atoms with van der Waals surface area (Å²) in [5.74, 6) is 0.359. The van der Waals surface area contributed by atoms with Crippen molar-refractivity contribution in [2.45, 2.75) is 45.3 Å². The molecule has 1 atom stereocenters. The number of rotatable bonds is 13. The molecule has 6 N–H and O–H groups in total. The fourth-order valence-electron chi connectivity index (χ4n) is 3.61. The van der Waals surface area contributed by atoms with Crippen molar-refractivity contribution in [3.05, 3.63) is 89.0 Å². The number of carbonyl (C=O) groups is 1. The van der Waals surface area contributed by atoms with Gasteiger partial charge in [-0.2, -0.15) is 0 Å². The normalized spacial score (nSPS) is 11.3. The van der Waals surface area contributed by atoms with E-state index in [0.29, 0.717) is 30.0 Å². The molecule has 200 valence electrons. The van der Waals surface area contributed by atoms with Crippen LogP contribution in [0.4, 0.5) is 0 Å². The third-order valence-corrected chi connectivity index (χ3v) is 5.55. The quantitative estimate of drug-likeness (QED) is 0.190. The highest BCUT2D eigenvalue weighted by molar-refractivity contribution is 5.62.